The quantitative estimate of drug-likeness (QED) is 0.486. The summed E-state index contributed by atoms with van der Waals surface area (Å²) in [7, 11) is 0. The van der Waals surface area contributed by atoms with Gasteiger partial charge in [0.05, 0.1) is 23.2 Å². The number of rotatable bonds is 6. The summed E-state index contributed by atoms with van der Waals surface area (Å²) in [5.74, 6) is 1.97. The number of fused-ring (bicyclic) bond motifs is 1. The normalized spacial score (nSPS) is 13.8. The van der Waals surface area contributed by atoms with Crippen molar-refractivity contribution in [2.24, 2.45) is 5.92 Å². The number of benzene rings is 2. The lowest BCUT2D eigenvalue weighted by molar-refractivity contribution is 0.0498. The number of carbonyl (C=O) groups excluding carboxylic acids is 1. The van der Waals surface area contributed by atoms with Crippen LogP contribution in [0.4, 0.5) is 4.39 Å². The van der Waals surface area contributed by atoms with Gasteiger partial charge in [0.25, 0.3) is 11.5 Å². The van der Waals surface area contributed by atoms with Gasteiger partial charge >= 0.3 is 0 Å². The molecule has 1 aromatic heterocycles. The van der Waals surface area contributed by atoms with Crippen molar-refractivity contribution in [2.45, 2.75) is 6.42 Å². The molecule has 0 saturated carbocycles. The second-order valence-electron chi connectivity index (χ2n) is 7.45. The standard InChI is InChI=1S/C23H21FN4O2/c1-2-9-25-12-16-13-28(14-16)23(30)19-10-15(7-8-20(19)24)11-21-17-5-3-4-6-18(17)22(29)27-26-21/h1,3-8,10,16,25H,9,11-14H2,(H,27,29). The maximum atomic E-state index is 14.4. The Labute approximate surface area is 173 Å². The van der Waals surface area contributed by atoms with Gasteiger partial charge in [-0.3, -0.25) is 9.59 Å². The van der Waals surface area contributed by atoms with Crippen LogP contribution in [0.2, 0.25) is 0 Å². The molecule has 152 valence electrons. The van der Waals surface area contributed by atoms with Crippen molar-refractivity contribution >= 4 is 16.7 Å². The van der Waals surface area contributed by atoms with E-state index in [2.05, 4.69) is 21.4 Å². The van der Waals surface area contributed by atoms with Gasteiger partial charge in [0.15, 0.2) is 0 Å². The van der Waals surface area contributed by atoms with Crippen molar-refractivity contribution in [2.75, 3.05) is 26.2 Å². The summed E-state index contributed by atoms with van der Waals surface area (Å²) in [6, 6.07) is 11.7. The van der Waals surface area contributed by atoms with E-state index >= 15 is 0 Å². The van der Waals surface area contributed by atoms with E-state index in [0.717, 1.165) is 17.5 Å². The molecule has 1 aliphatic rings. The highest BCUT2D eigenvalue weighted by atomic mass is 19.1. The van der Waals surface area contributed by atoms with Crippen molar-refractivity contribution in [3.63, 3.8) is 0 Å². The largest absolute Gasteiger partial charge is 0.338 e. The number of H-pyrrole nitrogens is 1. The molecule has 6 nitrogen and oxygen atoms in total. The van der Waals surface area contributed by atoms with Gasteiger partial charge in [-0.05, 0) is 23.8 Å². The lowest BCUT2D eigenvalue weighted by atomic mass is 9.97. The smallest absolute Gasteiger partial charge is 0.272 e. The number of halogens is 1. The van der Waals surface area contributed by atoms with E-state index in [-0.39, 0.29) is 17.0 Å². The number of carbonyl (C=O) groups is 1. The molecule has 1 fully saturated rings. The van der Waals surface area contributed by atoms with Crippen LogP contribution in [0, 0.1) is 24.1 Å². The van der Waals surface area contributed by atoms with Gasteiger partial charge in [0.2, 0.25) is 0 Å². The van der Waals surface area contributed by atoms with Crippen LogP contribution >= 0.6 is 0 Å². The lowest BCUT2D eigenvalue weighted by Gasteiger charge is -2.39. The number of hydrogen-bond donors (Lipinski definition) is 2. The van der Waals surface area contributed by atoms with Crippen LogP contribution in [0.25, 0.3) is 10.8 Å². The lowest BCUT2D eigenvalue weighted by Crippen LogP contribution is -2.53. The van der Waals surface area contributed by atoms with E-state index in [1.165, 1.54) is 6.07 Å². The van der Waals surface area contributed by atoms with Gasteiger partial charge < -0.3 is 10.2 Å². The van der Waals surface area contributed by atoms with E-state index in [1.807, 2.05) is 12.1 Å². The first-order valence-electron chi connectivity index (χ1n) is 9.75. The molecule has 2 aromatic carbocycles. The Morgan fingerprint density at radius 1 is 1.27 bits per heavy atom. The molecule has 30 heavy (non-hydrogen) atoms. The van der Waals surface area contributed by atoms with E-state index in [0.29, 0.717) is 43.1 Å². The monoisotopic (exact) mass is 404 g/mol. The molecular weight excluding hydrogens is 383 g/mol. The summed E-state index contributed by atoms with van der Waals surface area (Å²) in [5.41, 5.74) is 1.21. The molecule has 0 atom stereocenters. The maximum Gasteiger partial charge on any atom is 0.272 e. The molecule has 0 bridgehead atoms. The molecule has 2 N–H and O–H groups in total. The van der Waals surface area contributed by atoms with E-state index in [9.17, 15) is 14.0 Å². The van der Waals surface area contributed by atoms with E-state index in [4.69, 9.17) is 6.42 Å². The van der Waals surface area contributed by atoms with Crippen LogP contribution < -0.4 is 10.9 Å². The predicted octanol–water partition coefficient (Wildman–Crippen LogP) is 1.95. The Morgan fingerprint density at radius 2 is 2.03 bits per heavy atom. The summed E-state index contributed by atoms with van der Waals surface area (Å²) in [4.78, 5) is 26.4. The Bertz CT molecular complexity index is 1190. The zero-order valence-corrected chi connectivity index (χ0v) is 16.3. The summed E-state index contributed by atoms with van der Waals surface area (Å²) in [6.07, 6.45) is 5.58. The third-order valence-corrected chi connectivity index (χ3v) is 5.31. The van der Waals surface area contributed by atoms with E-state index in [1.54, 1.807) is 29.2 Å². The minimum Gasteiger partial charge on any atom is -0.338 e. The number of amides is 1. The number of hydrogen-bond acceptors (Lipinski definition) is 4. The second-order valence-corrected chi connectivity index (χ2v) is 7.45. The van der Waals surface area contributed by atoms with Gasteiger partial charge in [0.1, 0.15) is 5.82 Å². The fourth-order valence-electron chi connectivity index (χ4n) is 3.73. The zero-order valence-electron chi connectivity index (χ0n) is 16.3. The summed E-state index contributed by atoms with van der Waals surface area (Å²) < 4.78 is 14.4. The number of nitrogens with one attached hydrogen (secondary N) is 2. The molecule has 0 spiro atoms. The molecule has 1 saturated heterocycles. The van der Waals surface area contributed by atoms with Crippen molar-refractivity contribution in [1.82, 2.24) is 20.4 Å². The minimum absolute atomic E-state index is 0.0521. The van der Waals surface area contributed by atoms with Gasteiger partial charge in [-0.1, -0.05) is 30.2 Å². The Kier molecular flexibility index (Phi) is 5.59. The molecule has 2 heterocycles. The number of likely N-dealkylation sites (tertiary alicyclic amines) is 1. The molecule has 4 rings (SSSR count). The molecule has 0 aliphatic carbocycles. The average molecular weight is 404 g/mol. The number of nitrogens with zero attached hydrogens (tertiary/aromatic N) is 2. The van der Waals surface area contributed by atoms with E-state index < -0.39 is 5.82 Å². The van der Waals surface area contributed by atoms with Crippen LogP contribution in [0.3, 0.4) is 0 Å². The summed E-state index contributed by atoms with van der Waals surface area (Å²) >= 11 is 0. The fraction of sp³-hybridized carbons (Fsp3) is 0.261. The van der Waals surface area contributed by atoms with Crippen molar-refractivity contribution in [3.05, 3.63) is 75.5 Å². The third kappa shape index (κ3) is 3.95. The Morgan fingerprint density at radius 3 is 2.80 bits per heavy atom. The highest BCUT2D eigenvalue weighted by Gasteiger charge is 2.32. The minimum atomic E-state index is -0.544. The summed E-state index contributed by atoms with van der Waals surface area (Å²) in [5, 5.41) is 11.1. The van der Waals surface area contributed by atoms with Crippen LogP contribution in [-0.2, 0) is 6.42 Å². The van der Waals surface area contributed by atoms with Crippen LogP contribution in [0.15, 0.2) is 47.3 Å². The SMILES string of the molecule is C#CCNCC1CN(C(=O)c2cc(Cc3n[nH]c(=O)c4ccccc34)ccc2F)C1. The van der Waals surface area contributed by atoms with Crippen molar-refractivity contribution < 1.29 is 9.18 Å². The maximum absolute atomic E-state index is 14.4. The average Bonchev–Trinajstić information content (AvgIpc) is 2.73. The van der Waals surface area contributed by atoms with Crippen molar-refractivity contribution in [1.29, 1.82) is 0 Å². The fourth-order valence-corrected chi connectivity index (χ4v) is 3.73. The number of aromatic nitrogens is 2. The molecular formula is C23H21FN4O2. The van der Waals surface area contributed by atoms with Gasteiger partial charge in [0, 0.05) is 37.4 Å². The Balaban J connectivity index is 1.51. The summed E-state index contributed by atoms with van der Waals surface area (Å²) in [6.45, 7) is 2.38. The van der Waals surface area contributed by atoms with Gasteiger partial charge in [-0.2, -0.15) is 5.10 Å². The van der Waals surface area contributed by atoms with Crippen molar-refractivity contribution in [3.8, 4) is 12.3 Å². The molecule has 7 heteroatoms. The first kappa shape index (κ1) is 19.8. The van der Waals surface area contributed by atoms with Gasteiger partial charge in [-0.15, -0.1) is 6.42 Å². The van der Waals surface area contributed by atoms with Crippen LogP contribution in [0.5, 0.6) is 0 Å². The zero-order chi connectivity index (χ0) is 21.1. The predicted molar refractivity (Wildman–Crippen MR) is 113 cm³/mol. The molecule has 0 unspecified atom stereocenters. The number of aromatic amines is 1. The van der Waals surface area contributed by atoms with Crippen LogP contribution in [0.1, 0.15) is 21.6 Å². The second kappa shape index (κ2) is 8.47. The topological polar surface area (TPSA) is 78.1 Å². The first-order chi connectivity index (χ1) is 14.6. The first-order valence-corrected chi connectivity index (χ1v) is 9.75. The molecule has 1 aliphatic heterocycles. The highest BCUT2D eigenvalue weighted by Crippen LogP contribution is 2.22. The van der Waals surface area contributed by atoms with Crippen LogP contribution in [-0.4, -0.2) is 47.2 Å². The van der Waals surface area contributed by atoms with Gasteiger partial charge in [-0.25, -0.2) is 9.49 Å². The highest BCUT2D eigenvalue weighted by molar-refractivity contribution is 5.95. The molecule has 1 amide bonds. The molecule has 0 radical (unpaired) electrons. The third-order valence-electron chi connectivity index (χ3n) is 5.31. The number of terminal acetylenes is 1. The Hall–Kier alpha value is -3.50. The molecule has 3 aromatic rings.